The molecule has 2 saturated heterocycles. The van der Waals surface area contributed by atoms with Gasteiger partial charge in [-0.05, 0) is 47.9 Å². The fourth-order valence-electron chi connectivity index (χ4n) is 6.41. The number of methoxy groups -OCH3 is 2. The number of nitrogens with zero attached hydrogens (tertiary/aromatic N) is 2. The summed E-state index contributed by atoms with van der Waals surface area (Å²) < 4.78 is 25.6. The van der Waals surface area contributed by atoms with Crippen molar-refractivity contribution >= 4 is 5.91 Å². The summed E-state index contributed by atoms with van der Waals surface area (Å²) in [4.78, 5) is 42.1. The highest BCUT2D eigenvalue weighted by Gasteiger charge is 2.63. The number of nitrogens with one attached hydrogen (secondary N) is 1. The minimum absolute atomic E-state index is 0.190. The first-order valence-corrected chi connectivity index (χ1v) is 14.6. The van der Waals surface area contributed by atoms with Crippen molar-refractivity contribution in [3.05, 3.63) is 128 Å². The van der Waals surface area contributed by atoms with Crippen LogP contribution in [-0.4, -0.2) is 71.1 Å². The Bertz CT molecular complexity index is 1760. The molecule has 2 aliphatic heterocycles. The fraction of sp³-hybridized carbons (Fsp3) is 0.324. The second-order valence-corrected chi connectivity index (χ2v) is 11.5. The van der Waals surface area contributed by atoms with Gasteiger partial charge >= 0.3 is 5.69 Å². The number of rotatable bonds is 9. The third kappa shape index (κ3) is 5.02. The fourth-order valence-corrected chi connectivity index (χ4v) is 6.41. The van der Waals surface area contributed by atoms with Crippen LogP contribution >= 0.6 is 0 Å². The van der Waals surface area contributed by atoms with Crippen molar-refractivity contribution in [2.24, 2.45) is 0 Å². The highest BCUT2D eigenvalue weighted by Crippen LogP contribution is 2.48. The van der Waals surface area contributed by atoms with Crippen molar-refractivity contribution < 1.29 is 28.8 Å². The van der Waals surface area contributed by atoms with Crippen LogP contribution in [0.15, 0.2) is 94.6 Å². The first kappa shape index (κ1) is 30.3. The number of carbonyl (C=O) groups excluding carboxylic acids is 1. The number of aryl methyl sites for hydroxylation is 1. The van der Waals surface area contributed by atoms with Crippen LogP contribution in [0.1, 0.15) is 34.9 Å². The number of hydrogen-bond donors (Lipinski definition) is 2. The molecule has 2 N–H and O–H groups in total. The predicted molar refractivity (Wildman–Crippen MR) is 164 cm³/mol. The lowest BCUT2D eigenvalue weighted by molar-refractivity contribution is -0.174. The molecule has 1 amide bonds. The van der Waals surface area contributed by atoms with Gasteiger partial charge in [-0.1, -0.05) is 54.6 Å². The van der Waals surface area contributed by atoms with Crippen LogP contribution in [0.3, 0.4) is 0 Å². The van der Waals surface area contributed by atoms with E-state index in [2.05, 4.69) is 4.98 Å². The summed E-state index contributed by atoms with van der Waals surface area (Å²) in [5.74, 6) is 1.05. The van der Waals surface area contributed by atoms with E-state index in [-0.39, 0.29) is 24.5 Å². The molecule has 2 bridgehead atoms. The molecule has 0 aliphatic carbocycles. The van der Waals surface area contributed by atoms with Gasteiger partial charge in [0.15, 0.2) is 6.23 Å². The molecule has 234 valence electrons. The molecule has 4 aromatic rings. The third-order valence-corrected chi connectivity index (χ3v) is 8.93. The SMILES string of the molecule is COc1ccc(C(OC[C@@]23CC(=O)N(C)[C@@H]([C@H](n4cc(C)c(=O)[nH]c4=O)O2)[C@@H]3O)(c2ccccc2)c2ccc(OC)cc2)cc1. The van der Waals surface area contributed by atoms with Crippen molar-refractivity contribution in [3.8, 4) is 11.5 Å². The molecule has 0 saturated carbocycles. The first-order valence-electron chi connectivity index (χ1n) is 14.6. The van der Waals surface area contributed by atoms with Crippen molar-refractivity contribution in [2.45, 2.75) is 42.9 Å². The zero-order valence-electron chi connectivity index (χ0n) is 25.4. The summed E-state index contributed by atoms with van der Waals surface area (Å²) in [5.41, 5.74) is -1.36. The van der Waals surface area contributed by atoms with E-state index in [1.165, 1.54) is 15.7 Å². The number of hydrogen-bond acceptors (Lipinski definition) is 8. The molecule has 45 heavy (non-hydrogen) atoms. The average molecular weight is 614 g/mol. The molecule has 3 heterocycles. The Morgan fingerprint density at radius 3 is 2.02 bits per heavy atom. The Hall–Kier alpha value is -4.71. The number of likely N-dealkylation sites (tertiary alicyclic amines) is 1. The molecule has 6 rings (SSSR count). The standard InChI is InChI=1S/C34H35N3O8/c1-21-19-37(32(41)35-30(21)40)31-28-29(39)33(45-31,18-27(38)36(28)2)20-44-34(22-8-6-5-7-9-22,23-10-14-25(42-3)15-11-23)24-12-16-26(43-4)17-13-24/h5-17,19,28-29,31,39H,18,20H2,1-4H3,(H,35,40,41)/t28-,29+,31-,33-/m1/s1. The van der Waals surface area contributed by atoms with Crippen molar-refractivity contribution in [3.63, 3.8) is 0 Å². The molecule has 2 aliphatic rings. The summed E-state index contributed by atoms with van der Waals surface area (Å²) in [6.07, 6.45) is -1.10. The van der Waals surface area contributed by atoms with Gasteiger partial charge in [-0.25, -0.2) is 4.79 Å². The minimum Gasteiger partial charge on any atom is -0.497 e. The molecule has 0 spiro atoms. The van der Waals surface area contributed by atoms with Crippen LogP contribution in [0.25, 0.3) is 0 Å². The van der Waals surface area contributed by atoms with Crippen molar-refractivity contribution in [2.75, 3.05) is 27.9 Å². The molecular weight excluding hydrogens is 578 g/mol. The molecular formula is C34H35N3O8. The van der Waals surface area contributed by atoms with E-state index < -0.39 is 40.8 Å². The third-order valence-electron chi connectivity index (χ3n) is 8.93. The van der Waals surface area contributed by atoms with Crippen LogP contribution in [-0.2, 0) is 19.9 Å². The number of carbonyl (C=O) groups is 1. The summed E-state index contributed by atoms with van der Waals surface area (Å²) in [6, 6.07) is 23.7. The quantitative estimate of drug-likeness (QED) is 0.276. The number of H-pyrrole nitrogens is 1. The van der Waals surface area contributed by atoms with Gasteiger partial charge in [0.1, 0.15) is 34.8 Å². The maximum Gasteiger partial charge on any atom is 0.330 e. The second kappa shape index (κ2) is 11.7. The Kier molecular flexibility index (Phi) is 7.86. The monoisotopic (exact) mass is 613 g/mol. The highest BCUT2D eigenvalue weighted by molar-refractivity contribution is 5.79. The smallest absolute Gasteiger partial charge is 0.330 e. The number of fused-ring (bicyclic) bond motifs is 2. The van der Waals surface area contributed by atoms with E-state index in [9.17, 15) is 19.5 Å². The number of piperidine rings is 1. The maximum absolute atomic E-state index is 13.4. The summed E-state index contributed by atoms with van der Waals surface area (Å²) in [7, 11) is 4.75. The molecule has 0 unspecified atom stereocenters. The lowest BCUT2D eigenvalue weighted by atomic mass is 9.79. The molecule has 3 aromatic carbocycles. The number of aliphatic hydroxyl groups excluding tert-OH is 1. The van der Waals surface area contributed by atoms with Crippen molar-refractivity contribution in [1.82, 2.24) is 14.5 Å². The van der Waals surface area contributed by atoms with E-state index in [0.717, 1.165) is 16.7 Å². The zero-order valence-corrected chi connectivity index (χ0v) is 25.4. The Morgan fingerprint density at radius 1 is 0.911 bits per heavy atom. The Labute approximate surface area is 259 Å². The summed E-state index contributed by atoms with van der Waals surface area (Å²) in [5, 5.41) is 11.8. The van der Waals surface area contributed by atoms with Gasteiger partial charge in [0.25, 0.3) is 5.56 Å². The van der Waals surface area contributed by atoms with Gasteiger partial charge in [-0.2, -0.15) is 0 Å². The van der Waals surface area contributed by atoms with E-state index in [1.807, 2.05) is 78.9 Å². The molecule has 2 fully saturated rings. The zero-order chi connectivity index (χ0) is 31.9. The number of aliphatic hydroxyl groups is 1. The van der Waals surface area contributed by atoms with Gasteiger partial charge in [0, 0.05) is 18.8 Å². The lowest BCUT2D eigenvalue weighted by Crippen LogP contribution is -2.60. The average Bonchev–Trinajstić information content (AvgIpc) is 3.27. The van der Waals surface area contributed by atoms with Crippen LogP contribution in [0.2, 0.25) is 0 Å². The summed E-state index contributed by atoms with van der Waals surface area (Å²) in [6.45, 7) is 1.35. The normalized spacial score (nSPS) is 22.8. The van der Waals surface area contributed by atoms with Gasteiger partial charge in [0.05, 0.1) is 27.2 Å². The number of benzene rings is 3. The first-order chi connectivity index (χ1) is 21.6. The van der Waals surface area contributed by atoms with Gasteiger partial charge < -0.3 is 29.0 Å². The van der Waals surface area contributed by atoms with Gasteiger partial charge in [-0.3, -0.25) is 19.1 Å². The predicted octanol–water partition coefficient (Wildman–Crippen LogP) is 2.73. The second-order valence-electron chi connectivity index (χ2n) is 11.5. The largest absolute Gasteiger partial charge is 0.497 e. The molecule has 11 nitrogen and oxygen atoms in total. The molecule has 11 heteroatoms. The number of likely N-dealkylation sites (N-methyl/N-ethyl adjacent to an activating group) is 1. The number of aromatic amines is 1. The summed E-state index contributed by atoms with van der Waals surface area (Å²) >= 11 is 0. The van der Waals surface area contributed by atoms with Gasteiger partial charge in [0.2, 0.25) is 5.91 Å². The van der Waals surface area contributed by atoms with Crippen LogP contribution < -0.4 is 20.7 Å². The molecule has 1 aromatic heterocycles. The molecule has 4 atom stereocenters. The molecule has 0 radical (unpaired) electrons. The highest BCUT2D eigenvalue weighted by atomic mass is 16.6. The van der Waals surface area contributed by atoms with E-state index >= 15 is 0 Å². The maximum atomic E-state index is 13.4. The van der Waals surface area contributed by atoms with E-state index in [1.54, 1.807) is 28.2 Å². The van der Waals surface area contributed by atoms with Crippen LogP contribution in [0.5, 0.6) is 11.5 Å². The van der Waals surface area contributed by atoms with E-state index in [4.69, 9.17) is 18.9 Å². The van der Waals surface area contributed by atoms with Crippen LogP contribution in [0, 0.1) is 6.92 Å². The Balaban J connectivity index is 1.49. The lowest BCUT2D eigenvalue weighted by Gasteiger charge is -2.43. The Morgan fingerprint density at radius 2 is 1.47 bits per heavy atom. The minimum atomic E-state index is -1.51. The van der Waals surface area contributed by atoms with Gasteiger partial charge in [-0.15, -0.1) is 0 Å². The van der Waals surface area contributed by atoms with Crippen LogP contribution in [0.4, 0.5) is 0 Å². The number of aromatic nitrogens is 2. The topological polar surface area (TPSA) is 132 Å². The van der Waals surface area contributed by atoms with Crippen molar-refractivity contribution in [1.29, 1.82) is 0 Å². The number of ether oxygens (including phenoxy) is 4. The number of amides is 1. The van der Waals surface area contributed by atoms with E-state index in [0.29, 0.717) is 11.5 Å².